The topological polar surface area (TPSA) is 50.2 Å². The minimum absolute atomic E-state index is 0.0318. The Balaban J connectivity index is 1.52. The fraction of sp³-hybridized carbons (Fsp3) is 0.304. The molecule has 0 spiro atoms. The van der Waals surface area contributed by atoms with E-state index in [4.69, 9.17) is 0 Å². The van der Waals surface area contributed by atoms with Crippen LogP contribution in [-0.2, 0) is 11.3 Å². The third-order valence-corrected chi connectivity index (χ3v) is 5.22. The molecule has 1 amide bonds. The molecule has 144 valence electrons. The maximum atomic E-state index is 13.3. The second kappa shape index (κ2) is 8.85. The third kappa shape index (κ3) is 4.49. The Morgan fingerprint density at radius 2 is 1.82 bits per heavy atom. The van der Waals surface area contributed by atoms with Crippen molar-refractivity contribution < 1.29 is 4.79 Å². The van der Waals surface area contributed by atoms with Crippen molar-refractivity contribution in [3.05, 3.63) is 84.2 Å². The number of carbonyl (C=O) groups is 1. The molecular weight excluding hydrogens is 348 g/mol. The van der Waals surface area contributed by atoms with Crippen molar-refractivity contribution in [2.45, 2.75) is 31.8 Å². The predicted octanol–water partition coefficient (Wildman–Crippen LogP) is 4.10. The molecule has 4 rings (SSSR count). The second-order valence-corrected chi connectivity index (χ2v) is 7.30. The van der Waals surface area contributed by atoms with Gasteiger partial charge in [-0.05, 0) is 55.3 Å². The van der Waals surface area contributed by atoms with Gasteiger partial charge in [-0.25, -0.2) is 0 Å². The fourth-order valence-electron chi connectivity index (χ4n) is 3.88. The van der Waals surface area contributed by atoms with Crippen LogP contribution in [-0.4, -0.2) is 33.7 Å². The van der Waals surface area contributed by atoms with Crippen LogP contribution in [0.5, 0.6) is 0 Å². The molecule has 0 saturated carbocycles. The van der Waals surface area contributed by atoms with Crippen LogP contribution >= 0.6 is 0 Å². The number of nitrogens with zero attached hydrogens (tertiary/aromatic N) is 3. The highest BCUT2D eigenvalue weighted by Crippen LogP contribution is 2.26. The molecule has 1 aliphatic rings. The van der Waals surface area contributed by atoms with Crippen molar-refractivity contribution in [2.75, 3.05) is 18.4 Å². The number of benzene rings is 2. The van der Waals surface area contributed by atoms with Crippen LogP contribution in [0.4, 0.5) is 5.69 Å². The van der Waals surface area contributed by atoms with Gasteiger partial charge in [-0.2, -0.15) is 5.10 Å². The largest absolute Gasteiger partial charge is 0.324 e. The van der Waals surface area contributed by atoms with Crippen LogP contribution in [0.1, 0.15) is 36.4 Å². The zero-order chi connectivity index (χ0) is 19.2. The summed E-state index contributed by atoms with van der Waals surface area (Å²) >= 11 is 0. The van der Waals surface area contributed by atoms with Crippen molar-refractivity contribution in [1.29, 1.82) is 0 Å². The molecule has 1 fully saturated rings. The molecule has 2 heterocycles. The smallest absolute Gasteiger partial charge is 0.246 e. The summed E-state index contributed by atoms with van der Waals surface area (Å²) in [6.45, 7) is 2.61. The van der Waals surface area contributed by atoms with E-state index < -0.39 is 0 Å². The average Bonchev–Trinajstić information content (AvgIpc) is 3.23. The maximum Gasteiger partial charge on any atom is 0.246 e. The normalized spacial score (nSPS) is 15.9. The average molecular weight is 374 g/mol. The number of likely N-dealkylation sites (tertiary alicyclic amines) is 1. The molecule has 0 aliphatic carbocycles. The van der Waals surface area contributed by atoms with Gasteiger partial charge in [-0.1, -0.05) is 48.9 Å². The Morgan fingerprint density at radius 1 is 1.00 bits per heavy atom. The number of nitrogens with one attached hydrogen (secondary N) is 1. The molecule has 1 saturated heterocycles. The summed E-state index contributed by atoms with van der Waals surface area (Å²) in [7, 11) is 0. The molecular formula is C23H26N4O. The molecule has 1 aliphatic heterocycles. The molecule has 5 nitrogen and oxygen atoms in total. The Kier molecular flexibility index (Phi) is 5.83. The van der Waals surface area contributed by atoms with Gasteiger partial charge in [0, 0.05) is 18.1 Å². The summed E-state index contributed by atoms with van der Waals surface area (Å²) < 4.78 is 1.88. The highest BCUT2D eigenvalue weighted by atomic mass is 16.2. The van der Waals surface area contributed by atoms with Gasteiger partial charge in [0.25, 0.3) is 0 Å². The van der Waals surface area contributed by atoms with Gasteiger partial charge >= 0.3 is 0 Å². The summed E-state index contributed by atoms with van der Waals surface area (Å²) in [5.74, 6) is 0.0318. The SMILES string of the molecule is O=C(Nc1cccc(Cn2cccn2)c1)C(c1ccccc1)N1CCCCC1. The summed E-state index contributed by atoms with van der Waals surface area (Å²) in [5, 5.41) is 7.40. The lowest BCUT2D eigenvalue weighted by Gasteiger charge is -2.34. The standard InChI is InChI=1S/C23H26N4O/c28-23(22(20-10-3-1-4-11-20)26-14-5-2-6-15-26)25-21-12-7-9-19(17-21)18-27-16-8-13-24-27/h1,3-4,7-13,16-17,22H,2,5-6,14-15,18H2,(H,25,28). The number of carbonyl (C=O) groups excluding carboxylic acids is 1. The Labute approximate surface area is 166 Å². The molecule has 0 radical (unpaired) electrons. The number of hydrogen-bond donors (Lipinski definition) is 1. The molecule has 2 aromatic carbocycles. The van der Waals surface area contributed by atoms with E-state index in [2.05, 4.69) is 21.4 Å². The van der Waals surface area contributed by atoms with Crippen molar-refractivity contribution in [3.8, 4) is 0 Å². The van der Waals surface area contributed by atoms with Crippen molar-refractivity contribution in [2.24, 2.45) is 0 Å². The highest BCUT2D eigenvalue weighted by molar-refractivity contribution is 5.95. The van der Waals surface area contributed by atoms with Gasteiger partial charge in [0.2, 0.25) is 5.91 Å². The van der Waals surface area contributed by atoms with E-state index >= 15 is 0 Å². The van der Waals surface area contributed by atoms with Crippen LogP contribution < -0.4 is 5.32 Å². The summed E-state index contributed by atoms with van der Waals surface area (Å²) in [6, 6.07) is 19.8. The maximum absolute atomic E-state index is 13.3. The molecule has 3 aromatic rings. The zero-order valence-electron chi connectivity index (χ0n) is 16.0. The predicted molar refractivity (Wildman–Crippen MR) is 111 cm³/mol. The van der Waals surface area contributed by atoms with Crippen LogP contribution in [0, 0.1) is 0 Å². The lowest BCUT2D eigenvalue weighted by Crippen LogP contribution is -2.40. The lowest BCUT2D eigenvalue weighted by atomic mass is 10.0. The number of hydrogen-bond acceptors (Lipinski definition) is 3. The van der Waals surface area contributed by atoms with Crippen LogP contribution in [0.3, 0.4) is 0 Å². The van der Waals surface area contributed by atoms with E-state index in [1.807, 2.05) is 65.5 Å². The van der Waals surface area contributed by atoms with Gasteiger partial charge in [0.15, 0.2) is 0 Å². The second-order valence-electron chi connectivity index (χ2n) is 7.30. The number of anilines is 1. The van der Waals surface area contributed by atoms with E-state index in [1.54, 1.807) is 6.20 Å². The van der Waals surface area contributed by atoms with Crippen LogP contribution in [0.15, 0.2) is 73.1 Å². The Bertz CT molecular complexity index is 886. The quantitative estimate of drug-likeness (QED) is 0.707. The minimum atomic E-state index is -0.253. The van der Waals surface area contributed by atoms with Gasteiger partial charge in [-0.15, -0.1) is 0 Å². The first kappa shape index (κ1) is 18.4. The Morgan fingerprint density at radius 3 is 2.57 bits per heavy atom. The molecule has 1 N–H and O–H groups in total. The van der Waals surface area contributed by atoms with Gasteiger partial charge in [-0.3, -0.25) is 14.4 Å². The molecule has 5 heteroatoms. The Hall–Kier alpha value is -2.92. The van der Waals surface area contributed by atoms with Crippen molar-refractivity contribution in [1.82, 2.24) is 14.7 Å². The fourth-order valence-corrected chi connectivity index (χ4v) is 3.88. The number of aromatic nitrogens is 2. The van der Waals surface area contributed by atoms with Gasteiger partial charge < -0.3 is 5.32 Å². The third-order valence-electron chi connectivity index (χ3n) is 5.22. The first-order valence-corrected chi connectivity index (χ1v) is 9.96. The minimum Gasteiger partial charge on any atom is -0.324 e. The van der Waals surface area contributed by atoms with E-state index in [0.29, 0.717) is 6.54 Å². The van der Waals surface area contributed by atoms with Gasteiger partial charge in [0.1, 0.15) is 6.04 Å². The number of rotatable bonds is 6. The van der Waals surface area contributed by atoms with Crippen LogP contribution in [0.25, 0.3) is 0 Å². The van der Waals surface area contributed by atoms with E-state index in [9.17, 15) is 4.79 Å². The molecule has 0 bridgehead atoms. The zero-order valence-corrected chi connectivity index (χ0v) is 16.0. The first-order valence-electron chi connectivity index (χ1n) is 9.96. The van der Waals surface area contributed by atoms with Crippen molar-refractivity contribution in [3.63, 3.8) is 0 Å². The lowest BCUT2D eigenvalue weighted by molar-refractivity contribution is -0.122. The summed E-state index contributed by atoms with van der Waals surface area (Å²) in [5.41, 5.74) is 2.98. The first-order chi connectivity index (χ1) is 13.8. The van der Waals surface area contributed by atoms with Gasteiger partial charge in [0.05, 0.1) is 6.54 Å². The number of amides is 1. The monoisotopic (exact) mass is 374 g/mol. The van der Waals surface area contributed by atoms with E-state index in [-0.39, 0.29) is 11.9 Å². The van der Waals surface area contributed by atoms with E-state index in [0.717, 1.165) is 42.7 Å². The van der Waals surface area contributed by atoms with Crippen molar-refractivity contribution >= 4 is 11.6 Å². The summed E-state index contributed by atoms with van der Waals surface area (Å²) in [4.78, 5) is 15.6. The molecule has 1 atom stereocenters. The molecule has 28 heavy (non-hydrogen) atoms. The summed E-state index contributed by atoms with van der Waals surface area (Å²) in [6.07, 6.45) is 7.25. The number of piperidine rings is 1. The van der Waals surface area contributed by atoms with E-state index in [1.165, 1.54) is 6.42 Å². The van der Waals surface area contributed by atoms with Crippen LogP contribution in [0.2, 0.25) is 0 Å². The molecule has 1 unspecified atom stereocenters. The highest BCUT2D eigenvalue weighted by Gasteiger charge is 2.28. The molecule has 1 aromatic heterocycles.